The first-order valence-corrected chi connectivity index (χ1v) is 15.8. The van der Waals surface area contributed by atoms with Crippen LogP contribution in [0.2, 0.25) is 0 Å². The number of carboxylic acids is 1. The average Bonchev–Trinajstić information content (AvgIpc) is 3.49. The number of aliphatic imine (C=N–C) groups is 1. The number of guanidine groups is 1. The summed E-state index contributed by atoms with van der Waals surface area (Å²) in [7, 11) is 0. The van der Waals surface area contributed by atoms with E-state index in [4.69, 9.17) is 17.2 Å². The standard InChI is InChI=1S/C35H42N8O6/c36-26(10-6-16-39-35(37)38)31(45)41-28(18-22-12-14-24(44)15-13-22)32(46)42-29(17-21-7-2-1-3-8-21)33(47)43-30(34(48)49)19-23-20-40-27-11-5-4-9-25(23)27/h1-5,7-9,11-15,20,26,28-30,40,44H,6,10,16-19,36H2,(H,41,45)(H,42,46)(H,43,47)(H,48,49)(H4,37,38,39). The van der Waals surface area contributed by atoms with E-state index in [2.05, 4.69) is 25.9 Å². The van der Waals surface area contributed by atoms with E-state index in [1.165, 1.54) is 12.1 Å². The van der Waals surface area contributed by atoms with Crippen LogP contribution in [0.3, 0.4) is 0 Å². The fourth-order valence-electron chi connectivity index (χ4n) is 5.33. The molecule has 0 fully saturated rings. The molecule has 0 aliphatic heterocycles. The van der Waals surface area contributed by atoms with Crippen LogP contribution in [0.4, 0.5) is 0 Å². The van der Waals surface area contributed by atoms with Crippen molar-refractivity contribution in [3.8, 4) is 5.75 Å². The highest BCUT2D eigenvalue weighted by Gasteiger charge is 2.31. The number of aromatic hydroxyl groups is 1. The number of phenolic OH excluding ortho intramolecular Hbond substituents is 1. The number of carbonyl (C=O) groups is 4. The lowest BCUT2D eigenvalue weighted by Gasteiger charge is -2.25. The number of benzene rings is 3. The maximum atomic E-state index is 13.9. The van der Waals surface area contributed by atoms with Gasteiger partial charge in [0.2, 0.25) is 17.7 Å². The van der Waals surface area contributed by atoms with Crippen LogP contribution in [0, 0.1) is 0 Å². The van der Waals surface area contributed by atoms with Crippen LogP contribution < -0.4 is 33.2 Å². The highest BCUT2D eigenvalue weighted by molar-refractivity contribution is 5.94. The Morgan fingerprint density at radius 2 is 1.31 bits per heavy atom. The molecule has 0 radical (unpaired) electrons. The number of aromatic amines is 1. The number of phenols is 1. The van der Waals surface area contributed by atoms with Crippen molar-refractivity contribution in [1.29, 1.82) is 0 Å². The third-order valence-electron chi connectivity index (χ3n) is 7.94. The van der Waals surface area contributed by atoms with Gasteiger partial charge in [-0.1, -0.05) is 60.7 Å². The van der Waals surface area contributed by atoms with Crippen LogP contribution in [-0.2, 0) is 38.4 Å². The summed E-state index contributed by atoms with van der Waals surface area (Å²) in [5, 5.41) is 28.7. The topological polar surface area (TPSA) is 251 Å². The predicted octanol–water partition coefficient (Wildman–Crippen LogP) is 0.821. The first-order valence-electron chi connectivity index (χ1n) is 15.8. The number of fused-ring (bicyclic) bond motifs is 1. The molecule has 0 saturated heterocycles. The molecule has 1 heterocycles. The van der Waals surface area contributed by atoms with E-state index in [1.54, 1.807) is 42.6 Å². The van der Waals surface area contributed by atoms with E-state index in [0.717, 1.165) is 10.9 Å². The number of aliphatic carboxylic acids is 1. The first kappa shape index (κ1) is 36.0. The Morgan fingerprint density at radius 3 is 1.94 bits per heavy atom. The van der Waals surface area contributed by atoms with Crippen molar-refractivity contribution in [2.75, 3.05) is 6.54 Å². The molecule has 14 nitrogen and oxygen atoms in total. The highest BCUT2D eigenvalue weighted by atomic mass is 16.4. The molecule has 0 saturated carbocycles. The molecular formula is C35H42N8O6. The number of hydrogen-bond donors (Lipinski definition) is 9. The van der Waals surface area contributed by atoms with Crippen LogP contribution >= 0.6 is 0 Å². The number of hydrogen-bond acceptors (Lipinski definition) is 7. The Hall–Kier alpha value is -5.89. The molecule has 0 aliphatic carbocycles. The number of H-pyrrole nitrogens is 1. The minimum atomic E-state index is -1.30. The second kappa shape index (κ2) is 17.3. The zero-order chi connectivity index (χ0) is 35.3. The van der Waals surface area contributed by atoms with Gasteiger partial charge in [-0.05, 0) is 47.7 Å². The van der Waals surface area contributed by atoms with E-state index in [-0.39, 0.29) is 43.9 Å². The van der Waals surface area contributed by atoms with Gasteiger partial charge in [0.25, 0.3) is 0 Å². The van der Waals surface area contributed by atoms with Gasteiger partial charge in [0, 0.05) is 42.9 Å². The van der Waals surface area contributed by atoms with Crippen molar-refractivity contribution >= 4 is 40.6 Å². The third kappa shape index (κ3) is 10.8. The average molecular weight is 671 g/mol. The van der Waals surface area contributed by atoms with Gasteiger partial charge < -0.3 is 48.3 Å². The van der Waals surface area contributed by atoms with Gasteiger partial charge >= 0.3 is 5.97 Å². The van der Waals surface area contributed by atoms with E-state index in [0.29, 0.717) is 23.1 Å². The van der Waals surface area contributed by atoms with Crippen molar-refractivity contribution in [3.05, 3.63) is 102 Å². The summed E-state index contributed by atoms with van der Waals surface area (Å²) >= 11 is 0. The maximum absolute atomic E-state index is 13.9. The molecule has 4 rings (SSSR count). The molecule has 4 unspecified atom stereocenters. The summed E-state index contributed by atoms with van der Waals surface area (Å²) in [5.41, 5.74) is 19.7. The number of nitrogens with one attached hydrogen (secondary N) is 4. The van der Waals surface area contributed by atoms with Gasteiger partial charge in [-0.15, -0.1) is 0 Å². The van der Waals surface area contributed by atoms with Crippen LogP contribution in [0.15, 0.2) is 90.1 Å². The quantitative estimate of drug-likeness (QED) is 0.0437. The van der Waals surface area contributed by atoms with Crippen LogP contribution in [0.1, 0.15) is 29.5 Å². The predicted molar refractivity (Wildman–Crippen MR) is 185 cm³/mol. The Balaban J connectivity index is 1.54. The SMILES string of the molecule is NC(N)=NCCCC(N)C(=O)NC(Cc1ccc(O)cc1)C(=O)NC(Cc1ccccc1)C(=O)NC(Cc1c[nH]c2ccccc12)C(=O)O. The van der Waals surface area contributed by atoms with Gasteiger partial charge in [-0.3, -0.25) is 19.4 Å². The molecule has 14 heteroatoms. The van der Waals surface area contributed by atoms with E-state index in [9.17, 15) is 29.4 Å². The Labute approximate surface area is 283 Å². The highest BCUT2D eigenvalue weighted by Crippen LogP contribution is 2.19. The lowest BCUT2D eigenvalue weighted by molar-refractivity contribution is -0.142. The van der Waals surface area contributed by atoms with E-state index in [1.807, 2.05) is 30.3 Å². The monoisotopic (exact) mass is 670 g/mol. The lowest BCUT2D eigenvalue weighted by atomic mass is 10.0. The summed E-state index contributed by atoms with van der Waals surface area (Å²) in [6, 6.07) is 17.8. The zero-order valence-corrected chi connectivity index (χ0v) is 26.8. The van der Waals surface area contributed by atoms with Crippen LogP contribution in [-0.4, -0.2) is 75.6 Å². The van der Waals surface area contributed by atoms with Gasteiger partial charge in [-0.2, -0.15) is 0 Å². The maximum Gasteiger partial charge on any atom is 0.326 e. The summed E-state index contributed by atoms with van der Waals surface area (Å²) in [5.74, 6) is -3.29. The molecule has 49 heavy (non-hydrogen) atoms. The second-order valence-corrected chi connectivity index (χ2v) is 11.7. The molecule has 3 amide bonds. The molecule has 0 bridgehead atoms. The number of aromatic nitrogens is 1. The van der Waals surface area contributed by atoms with E-state index < -0.39 is 47.9 Å². The van der Waals surface area contributed by atoms with Crippen molar-refractivity contribution in [2.24, 2.45) is 22.2 Å². The smallest absolute Gasteiger partial charge is 0.326 e. The van der Waals surface area contributed by atoms with Crippen molar-refractivity contribution in [1.82, 2.24) is 20.9 Å². The molecule has 12 N–H and O–H groups in total. The Morgan fingerprint density at radius 1 is 0.735 bits per heavy atom. The van der Waals surface area contributed by atoms with Gasteiger partial charge in [0.05, 0.1) is 6.04 Å². The van der Waals surface area contributed by atoms with Crippen LogP contribution in [0.5, 0.6) is 5.75 Å². The Bertz CT molecular complexity index is 1750. The van der Waals surface area contributed by atoms with Gasteiger partial charge in [0.15, 0.2) is 5.96 Å². The zero-order valence-electron chi connectivity index (χ0n) is 26.8. The molecule has 258 valence electrons. The molecule has 4 aromatic rings. The summed E-state index contributed by atoms with van der Waals surface area (Å²) in [6.07, 6.45) is 2.42. The number of nitrogens with two attached hydrogens (primary N) is 3. The van der Waals surface area contributed by atoms with Crippen molar-refractivity contribution in [3.63, 3.8) is 0 Å². The van der Waals surface area contributed by atoms with Gasteiger partial charge in [0.1, 0.15) is 23.9 Å². The fourth-order valence-corrected chi connectivity index (χ4v) is 5.33. The number of amides is 3. The molecular weight excluding hydrogens is 628 g/mol. The molecule has 1 aromatic heterocycles. The number of carboxylic acid groups (broad SMARTS) is 1. The molecule has 3 aromatic carbocycles. The Kier molecular flexibility index (Phi) is 12.7. The summed E-state index contributed by atoms with van der Waals surface area (Å²) < 4.78 is 0. The largest absolute Gasteiger partial charge is 0.508 e. The molecule has 0 spiro atoms. The number of nitrogens with zero attached hydrogens (tertiary/aromatic N) is 1. The minimum absolute atomic E-state index is 0.00228. The lowest BCUT2D eigenvalue weighted by Crippen LogP contribution is -2.58. The summed E-state index contributed by atoms with van der Waals surface area (Å²) in [6.45, 7) is 0.272. The minimum Gasteiger partial charge on any atom is -0.508 e. The van der Waals surface area contributed by atoms with E-state index >= 15 is 0 Å². The molecule has 0 aliphatic rings. The first-order chi connectivity index (χ1) is 23.5. The van der Waals surface area contributed by atoms with Gasteiger partial charge in [-0.25, -0.2) is 4.79 Å². The normalized spacial score (nSPS) is 13.4. The van der Waals surface area contributed by atoms with Crippen molar-refractivity contribution < 1.29 is 29.4 Å². The number of para-hydroxylation sites is 1. The number of rotatable bonds is 17. The number of carbonyl (C=O) groups excluding carboxylic acids is 3. The van der Waals surface area contributed by atoms with Crippen molar-refractivity contribution in [2.45, 2.75) is 56.3 Å². The fraction of sp³-hybridized carbons (Fsp3) is 0.286. The molecule has 4 atom stereocenters. The van der Waals surface area contributed by atoms with Crippen LogP contribution in [0.25, 0.3) is 10.9 Å². The summed E-state index contributed by atoms with van der Waals surface area (Å²) in [4.78, 5) is 60.1. The second-order valence-electron chi connectivity index (χ2n) is 11.7. The third-order valence-corrected chi connectivity index (χ3v) is 7.94.